The minimum Gasteiger partial charge on any atom is -0.444 e. The maximum atomic E-state index is 14.3. The summed E-state index contributed by atoms with van der Waals surface area (Å²) in [4.78, 5) is 18.6. The first-order valence-electron chi connectivity index (χ1n) is 11.6. The summed E-state index contributed by atoms with van der Waals surface area (Å²) >= 11 is 1.92. The molecule has 0 aliphatic carbocycles. The highest BCUT2D eigenvalue weighted by molar-refractivity contribution is 7.99. The lowest BCUT2D eigenvalue weighted by Crippen LogP contribution is -2.49. The van der Waals surface area contributed by atoms with Gasteiger partial charge in [-0.05, 0) is 68.2 Å². The van der Waals surface area contributed by atoms with Gasteiger partial charge in [0.1, 0.15) is 11.4 Å². The van der Waals surface area contributed by atoms with E-state index in [0.29, 0.717) is 19.0 Å². The molecule has 3 aliphatic rings. The van der Waals surface area contributed by atoms with Gasteiger partial charge in [-0.1, -0.05) is 24.3 Å². The molecule has 0 radical (unpaired) electrons. The number of hydrogen-bond acceptors (Lipinski definition) is 4. The summed E-state index contributed by atoms with van der Waals surface area (Å²) in [6.45, 7) is 8.20. The SMILES string of the molecule is CC(C)(C)OC(=O)N1CC[C@H]2[C@@H](C1)c1cc(Cc3ccccc3F)cc3c1N2CCCS3. The molecule has 3 aliphatic heterocycles. The Morgan fingerprint density at radius 1 is 1.22 bits per heavy atom. The van der Waals surface area contributed by atoms with Gasteiger partial charge in [-0.15, -0.1) is 11.8 Å². The van der Waals surface area contributed by atoms with Crippen molar-refractivity contribution >= 4 is 23.5 Å². The topological polar surface area (TPSA) is 32.8 Å². The maximum Gasteiger partial charge on any atom is 0.410 e. The van der Waals surface area contributed by atoms with Crippen molar-refractivity contribution in [1.82, 2.24) is 4.90 Å². The monoisotopic (exact) mass is 454 g/mol. The molecule has 1 saturated heterocycles. The van der Waals surface area contributed by atoms with Gasteiger partial charge in [0, 0.05) is 42.9 Å². The van der Waals surface area contributed by atoms with Crippen molar-refractivity contribution < 1.29 is 13.9 Å². The van der Waals surface area contributed by atoms with E-state index in [1.165, 1.54) is 22.2 Å². The molecule has 0 aromatic heterocycles. The molecule has 4 nitrogen and oxygen atoms in total. The molecular weight excluding hydrogens is 423 g/mol. The summed E-state index contributed by atoms with van der Waals surface area (Å²) in [6, 6.07) is 12.0. The largest absolute Gasteiger partial charge is 0.444 e. The van der Waals surface area contributed by atoms with Gasteiger partial charge >= 0.3 is 6.09 Å². The second-order valence-electron chi connectivity index (χ2n) is 10.1. The summed E-state index contributed by atoms with van der Waals surface area (Å²) in [5.41, 5.74) is 4.05. The third kappa shape index (κ3) is 4.09. The number of ether oxygens (including phenoxy) is 1. The van der Waals surface area contributed by atoms with Gasteiger partial charge in [-0.3, -0.25) is 0 Å². The first kappa shape index (κ1) is 21.6. The van der Waals surface area contributed by atoms with E-state index in [4.69, 9.17) is 4.74 Å². The predicted molar refractivity (Wildman–Crippen MR) is 127 cm³/mol. The molecule has 1 amide bonds. The highest BCUT2D eigenvalue weighted by Gasteiger charge is 2.45. The molecular formula is C26H31FN2O2S. The van der Waals surface area contributed by atoms with Crippen LogP contribution in [0.1, 0.15) is 56.2 Å². The molecule has 2 atom stereocenters. The number of halogens is 1. The lowest BCUT2D eigenvalue weighted by atomic mass is 9.88. The number of amides is 1. The van der Waals surface area contributed by atoms with Crippen molar-refractivity contribution in [2.24, 2.45) is 0 Å². The fourth-order valence-corrected chi connectivity index (χ4v) is 6.42. The van der Waals surface area contributed by atoms with E-state index in [0.717, 1.165) is 42.8 Å². The molecule has 3 heterocycles. The van der Waals surface area contributed by atoms with E-state index in [1.54, 1.807) is 6.07 Å². The molecule has 6 heteroatoms. The Morgan fingerprint density at radius 3 is 2.81 bits per heavy atom. The van der Waals surface area contributed by atoms with Crippen LogP contribution in [-0.4, -0.2) is 48.0 Å². The van der Waals surface area contributed by atoms with Gasteiger partial charge in [0.15, 0.2) is 0 Å². The number of carbonyl (C=O) groups excluding carboxylic acids is 1. The van der Waals surface area contributed by atoms with E-state index in [1.807, 2.05) is 49.6 Å². The van der Waals surface area contributed by atoms with Crippen molar-refractivity contribution in [2.75, 3.05) is 30.3 Å². The highest BCUT2D eigenvalue weighted by Crippen LogP contribution is 2.51. The Balaban J connectivity index is 1.48. The molecule has 5 rings (SSSR count). The van der Waals surface area contributed by atoms with Crippen molar-refractivity contribution in [3.05, 3.63) is 58.9 Å². The van der Waals surface area contributed by atoms with Crippen LogP contribution in [0.5, 0.6) is 0 Å². The number of carbonyl (C=O) groups is 1. The minimum atomic E-state index is -0.495. The zero-order valence-corrected chi connectivity index (χ0v) is 19.9. The zero-order valence-electron chi connectivity index (χ0n) is 19.1. The van der Waals surface area contributed by atoms with Gasteiger partial charge in [-0.25, -0.2) is 9.18 Å². The Labute approximate surface area is 194 Å². The van der Waals surface area contributed by atoms with Gasteiger partial charge in [0.25, 0.3) is 0 Å². The molecule has 0 spiro atoms. The van der Waals surface area contributed by atoms with Crippen LogP contribution in [0, 0.1) is 5.82 Å². The third-order valence-corrected chi connectivity index (χ3v) is 7.75. The summed E-state index contributed by atoms with van der Waals surface area (Å²) in [6.07, 6.45) is 2.46. The number of rotatable bonds is 2. The van der Waals surface area contributed by atoms with Crippen LogP contribution in [0.2, 0.25) is 0 Å². The molecule has 1 fully saturated rings. The molecule has 2 aromatic rings. The molecule has 0 saturated carbocycles. The van der Waals surface area contributed by atoms with E-state index < -0.39 is 5.60 Å². The number of hydrogen-bond donors (Lipinski definition) is 0. The van der Waals surface area contributed by atoms with Crippen molar-refractivity contribution in [1.29, 1.82) is 0 Å². The predicted octanol–water partition coefficient (Wildman–Crippen LogP) is 5.83. The minimum absolute atomic E-state index is 0.153. The standard InChI is InChI=1S/C26H31FN2O2S/c1-26(2,3)31-25(30)28-11-9-22-20(16-28)19-14-17(13-18-7-4-5-8-21(18)27)15-23-24(19)29(22)10-6-12-32-23/h4-5,7-8,14-15,20,22H,6,9-13,16H2,1-3H3/t20-,22-/m0/s1. The maximum absolute atomic E-state index is 14.3. The van der Waals surface area contributed by atoms with Crippen molar-refractivity contribution in [3.63, 3.8) is 0 Å². The number of nitrogens with zero attached hydrogens (tertiary/aromatic N) is 2. The Bertz CT molecular complexity index is 1030. The smallest absolute Gasteiger partial charge is 0.410 e. The molecule has 2 aromatic carbocycles. The summed E-state index contributed by atoms with van der Waals surface area (Å²) < 4.78 is 20.0. The first-order valence-corrected chi connectivity index (χ1v) is 12.6. The number of piperidine rings is 1. The lowest BCUT2D eigenvalue weighted by Gasteiger charge is -2.39. The van der Waals surface area contributed by atoms with Gasteiger partial charge in [0.2, 0.25) is 0 Å². The van der Waals surface area contributed by atoms with Crippen molar-refractivity contribution in [2.45, 2.75) is 62.5 Å². The fourth-order valence-electron chi connectivity index (χ4n) is 5.32. The highest BCUT2D eigenvalue weighted by atomic mass is 32.2. The van der Waals surface area contributed by atoms with Crippen molar-refractivity contribution in [3.8, 4) is 0 Å². The van der Waals surface area contributed by atoms with Gasteiger partial charge in [0.05, 0.1) is 5.69 Å². The fraction of sp³-hybridized carbons (Fsp3) is 0.500. The normalized spacial score (nSPS) is 22.2. The van der Waals surface area contributed by atoms with Crippen LogP contribution in [0.4, 0.5) is 14.9 Å². The zero-order chi connectivity index (χ0) is 22.5. The first-order chi connectivity index (χ1) is 15.3. The van der Waals surface area contributed by atoms with E-state index in [-0.39, 0.29) is 17.8 Å². The van der Waals surface area contributed by atoms with E-state index >= 15 is 0 Å². The summed E-state index contributed by atoms with van der Waals surface area (Å²) in [7, 11) is 0. The van der Waals surface area contributed by atoms with Crippen LogP contribution < -0.4 is 4.90 Å². The second kappa shape index (κ2) is 8.29. The van der Waals surface area contributed by atoms with Crippen LogP contribution in [-0.2, 0) is 11.2 Å². The van der Waals surface area contributed by atoms with Crippen LogP contribution in [0.3, 0.4) is 0 Å². The molecule has 170 valence electrons. The number of fused-ring (bicyclic) bond motifs is 3. The average Bonchev–Trinajstić information content (AvgIpc) is 2.89. The third-order valence-electron chi connectivity index (χ3n) is 6.63. The number of benzene rings is 2. The van der Waals surface area contributed by atoms with Gasteiger partial charge < -0.3 is 14.5 Å². The quantitative estimate of drug-likeness (QED) is 0.572. The molecule has 0 N–H and O–H groups in total. The Kier molecular flexibility index (Phi) is 5.60. The number of anilines is 1. The second-order valence-corrected chi connectivity index (χ2v) is 11.2. The molecule has 0 unspecified atom stereocenters. The van der Waals surface area contributed by atoms with Crippen LogP contribution >= 0.6 is 11.8 Å². The van der Waals surface area contributed by atoms with E-state index in [9.17, 15) is 9.18 Å². The Morgan fingerprint density at radius 2 is 2.03 bits per heavy atom. The Hall–Kier alpha value is -2.21. The average molecular weight is 455 g/mol. The van der Waals surface area contributed by atoms with Crippen LogP contribution in [0.15, 0.2) is 41.3 Å². The van der Waals surface area contributed by atoms with E-state index in [2.05, 4.69) is 17.0 Å². The van der Waals surface area contributed by atoms with Crippen LogP contribution in [0.25, 0.3) is 0 Å². The number of likely N-dealkylation sites (tertiary alicyclic amines) is 1. The lowest BCUT2D eigenvalue weighted by molar-refractivity contribution is 0.0189. The summed E-state index contributed by atoms with van der Waals surface area (Å²) in [5.74, 6) is 1.22. The molecule has 0 bridgehead atoms. The molecule has 32 heavy (non-hydrogen) atoms. The number of thioether (sulfide) groups is 1. The van der Waals surface area contributed by atoms with Gasteiger partial charge in [-0.2, -0.15) is 0 Å². The summed E-state index contributed by atoms with van der Waals surface area (Å²) in [5, 5.41) is 0.